The third kappa shape index (κ3) is 3.32. The molecule has 0 aromatic carbocycles. The van der Waals surface area contributed by atoms with Gasteiger partial charge in [0.25, 0.3) is 0 Å². The van der Waals surface area contributed by atoms with Crippen molar-refractivity contribution in [2.24, 2.45) is 10.8 Å². The maximum absolute atomic E-state index is 12.5. The van der Waals surface area contributed by atoms with Crippen LogP contribution in [-0.4, -0.2) is 24.2 Å². The van der Waals surface area contributed by atoms with Crippen LogP contribution in [0.25, 0.3) is 0 Å². The van der Waals surface area contributed by atoms with E-state index in [1.165, 1.54) is 19.3 Å². The molecular formula is C17H24O4. The summed E-state index contributed by atoms with van der Waals surface area (Å²) in [5.41, 5.74) is -3.00. The van der Waals surface area contributed by atoms with Crippen molar-refractivity contribution in [3.63, 3.8) is 0 Å². The molecule has 0 aliphatic carbocycles. The van der Waals surface area contributed by atoms with Crippen molar-refractivity contribution in [2.45, 2.75) is 27.7 Å². The molecule has 4 heteroatoms. The Morgan fingerprint density at radius 2 is 1.14 bits per heavy atom. The second-order valence-electron chi connectivity index (χ2n) is 4.53. The predicted molar refractivity (Wildman–Crippen MR) is 83.8 cm³/mol. The number of rotatable bonds is 7. The average molecular weight is 292 g/mol. The molecular weight excluding hydrogens is 268 g/mol. The molecule has 0 radical (unpaired) electrons. The third-order valence-corrected chi connectivity index (χ3v) is 3.28. The van der Waals surface area contributed by atoms with Crippen LogP contribution in [0.15, 0.2) is 48.6 Å². The van der Waals surface area contributed by atoms with Gasteiger partial charge in [-0.3, -0.25) is 9.59 Å². The van der Waals surface area contributed by atoms with E-state index in [1.807, 2.05) is 0 Å². The highest BCUT2D eigenvalue weighted by Gasteiger charge is 2.56. The fourth-order valence-electron chi connectivity index (χ4n) is 2.51. The fourth-order valence-corrected chi connectivity index (χ4v) is 2.51. The summed E-state index contributed by atoms with van der Waals surface area (Å²) in [5.74, 6) is -1.75. The number of hydrogen-bond donors (Lipinski definition) is 1. The van der Waals surface area contributed by atoms with Crippen LogP contribution in [0.5, 0.6) is 0 Å². The fraction of sp³-hybridized carbons (Fsp3) is 0.412. The minimum absolute atomic E-state index is 0.627. The molecule has 116 valence electrons. The molecule has 0 aromatic heterocycles. The molecule has 0 rings (SSSR count). The predicted octanol–water partition coefficient (Wildman–Crippen LogP) is 3.52. The van der Waals surface area contributed by atoms with Gasteiger partial charge in [0.2, 0.25) is 0 Å². The number of aliphatic carboxylic acids is 1. The Bertz CT molecular complexity index is 457. The molecule has 0 saturated carbocycles. The van der Waals surface area contributed by atoms with Gasteiger partial charge in [-0.15, -0.1) is 0 Å². The molecule has 0 amide bonds. The van der Waals surface area contributed by atoms with Crippen molar-refractivity contribution in [1.29, 1.82) is 0 Å². The van der Waals surface area contributed by atoms with Gasteiger partial charge >= 0.3 is 11.9 Å². The van der Waals surface area contributed by atoms with Gasteiger partial charge in [0.1, 0.15) is 10.8 Å². The van der Waals surface area contributed by atoms with Crippen LogP contribution in [0.4, 0.5) is 0 Å². The first-order valence-electron chi connectivity index (χ1n) is 6.79. The summed E-state index contributed by atoms with van der Waals surface area (Å²) in [7, 11) is 1.25. The van der Waals surface area contributed by atoms with Gasteiger partial charge in [-0.05, 0) is 27.7 Å². The number of carboxylic acids is 1. The Morgan fingerprint density at radius 3 is 1.38 bits per heavy atom. The highest BCUT2D eigenvalue weighted by molar-refractivity contribution is 5.94. The van der Waals surface area contributed by atoms with Crippen molar-refractivity contribution in [2.75, 3.05) is 7.11 Å². The first kappa shape index (κ1) is 18.9. The molecule has 4 nitrogen and oxygen atoms in total. The van der Waals surface area contributed by atoms with E-state index in [1.54, 1.807) is 64.2 Å². The molecule has 0 bridgehead atoms. The molecule has 21 heavy (non-hydrogen) atoms. The first-order valence-corrected chi connectivity index (χ1v) is 6.79. The number of esters is 1. The molecule has 0 heterocycles. The van der Waals surface area contributed by atoms with E-state index in [0.717, 1.165) is 0 Å². The van der Waals surface area contributed by atoms with Crippen LogP contribution in [0.2, 0.25) is 0 Å². The van der Waals surface area contributed by atoms with Crippen molar-refractivity contribution in [1.82, 2.24) is 0 Å². The first-order chi connectivity index (χ1) is 9.92. The highest BCUT2D eigenvalue weighted by atomic mass is 16.5. The SMILES string of the molecule is C/C=C/C(/C=C/C)(C(=O)O)C(/C=C/C)(/C=C/C)C(=O)OC. The maximum Gasteiger partial charge on any atom is 0.321 e. The number of carbonyl (C=O) groups is 2. The third-order valence-electron chi connectivity index (χ3n) is 3.28. The van der Waals surface area contributed by atoms with Gasteiger partial charge in [0, 0.05) is 0 Å². The minimum atomic E-state index is -1.55. The van der Waals surface area contributed by atoms with Gasteiger partial charge in [-0.2, -0.15) is 0 Å². The summed E-state index contributed by atoms with van der Waals surface area (Å²) in [6.07, 6.45) is 12.7. The Hall–Kier alpha value is -2.10. The van der Waals surface area contributed by atoms with Crippen molar-refractivity contribution in [3.8, 4) is 0 Å². The maximum atomic E-state index is 12.5. The number of ether oxygens (including phenoxy) is 1. The normalized spacial score (nSPS) is 13.8. The molecule has 0 fully saturated rings. The summed E-state index contributed by atoms with van der Waals surface area (Å²) in [6, 6.07) is 0. The Balaban J connectivity index is 6.79. The van der Waals surface area contributed by atoms with E-state index in [-0.39, 0.29) is 0 Å². The molecule has 0 aromatic rings. The van der Waals surface area contributed by atoms with E-state index in [0.29, 0.717) is 0 Å². The lowest BCUT2D eigenvalue weighted by Crippen LogP contribution is -2.49. The lowest BCUT2D eigenvalue weighted by molar-refractivity contribution is -0.160. The van der Waals surface area contributed by atoms with Gasteiger partial charge < -0.3 is 9.84 Å². The lowest BCUT2D eigenvalue weighted by Gasteiger charge is -2.38. The monoisotopic (exact) mass is 292 g/mol. The summed E-state index contributed by atoms with van der Waals surface area (Å²) in [6.45, 7) is 6.90. The Labute approximate surface area is 126 Å². The lowest BCUT2D eigenvalue weighted by atomic mass is 9.62. The van der Waals surface area contributed by atoms with Gasteiger partial charge in [0.15, 0.2) is 0 Å². The zero-order chi connectivity index (χ0) is 16.5. The Kier molecular flexibility index (Phi) is 7.42. The quantitative estimate of drug-likeness (QED) is 0.576. The second kappa shape index (κ2) is 8.25. The van der Waals surface area contributed by atoms with E-state index in [2.05, 4.69) is 0 Å². The van der Waals surface area contributed by atoms with E-state index in [4.69, 9.17) is 4.74 Å². The second-order valence-corrected chi connectivity index (χ2v) is 4.53. The van der Waals surface area contributed by atoms with Gasteiger partial charge in [-0.1, -0.05) is 48.6 Å². The minimum Gasteiger partial charge on any atom is -0.480 e. The van der Waals surface area contributed by atoms with Crippen LogP contribution in [0, 0.1) is 10.8 Å². The van der Waals surface area contributed by atoms with Crippen molar-refractivity contribution in [3.05, 3.63) is 48.6 Å². The van der Waals surface area contributed by atoms with Gasteiger partial charge in [-0.25, -0.2) is 0 Å². The summed E-state index contributed by atoms with van der Waals surface area (Å²) in [5, 5.41) is 9.84. The number of carbonyl (C=O) groups excluding carboxylic acids is 1. The smallest absolute Gasteiger partial charge is 0.321 e. The molecule has 0 saturated heterocycles. The molecule has 0 aliphatic heterocycles. The summed E-state index contributed by atoms with van der Waals surface area (Å²) in [4.78, 5) is 24.5. The van der Waals surface area contributed by atoms with E-state index >= 15 is 0 Å². The average Bonchev–Trinajstić information content (AvgIpc) is 2.45. The largest absolute Gasteiger partial charge is 0.480 e. The van der Waals surface area contributed by atoms with Crippen LogP contribution >= 0.6 is 0 Å². The number of methoxy groups -OCH3 is 1. The van der Waals surface area contributed by atoms with E-state index < -0.39 is 22.8 Å². The van der Waals surface area contributed by atoms with Crippen molar-refractivity contribution >= 4 is 11.9 Å². The molecule has 1 N–H and O–H groups in total. The topological polar surface area (TPSA) is 63.6 Å². The number of carboxylic acid groups (broad SMARTS) is 1. The standard InChI is InChI=1S/C17H24O4/c1-6-10-16(11-7-2,14(18)19)17(12-8-3,13-9-4)15(20)21-5/h6-13H,1-5H3,(H,18,19)/b10-6+,11-7+,12-8+,13-9+. The highest BCUT2D eigenvalue weighted by Crippen LogP contribution is 2.46. The van der Waals surface area contributed by atoms with Crippen molar-refractivity contribution < 1.29 is 19.4 Å². The van der Waals surface area contributed by atoms with Crippen LogP contribution in [0.1, 0.15) is 27.7 Å². The number of allylic oxidation sites excluding steroid dienone is 4. The zero-order valence-corrected chi connectivity index (χ0v) is 13.3. The molecule has 0 aliphatic rings. The molecule has 0 spiro atoms. The van der Waals surface area contributed by atoms with Gasteiger partial charge in [0.05, 0.1) is 7.11 Å². The number of hydrogen-bond acceptors (Lipinski definition) is 3. The summed E-state index contributed by atoms with van der Waals surface area (Å²) < 4.78 is 4.90. The zero-order valence-electron chi connectivity index (χ0n) is 13.3. The molecule has 0 unspecified atom stereocenters. The Morgan fingerprint density at radius 1 is 0.810 bits per heavy atom. The molecule has 0 atom stereocenters. The van der Waals surface area contributed by atoms with Crippen LogP contribution in [-0.2, 0) is 14.3 Å². The summed E-state index contributed by atoms with van der Waals surface area (Å²) >= 11 is 0. The van der Waals surface area contributed by atoms with E-state index in [9.17, 15) is 14.7 Å². The van der Waals surface area contributed by atoms with Crippen LogP contribution < -0.4 is 0 Å². The van der Waals surface area contributed by atoms with Crippen LogP contribution in [0.3, 0.4) is 0 Å².